The van der Waals surface area contributed by atoms with Crippen molar-refractivity contribution >= 4 is 15.9 Å². The van der Waals surface area contributed by atoms with Crippen LogP contribution in [0.5, 0.6) is 0 Å². The fraction of sp³-hybridized carbons (Fsp3) is 0.200. The third-order valence-electron chi connectivity index (χ3n) is 3.41. The number of nitrogens with one attached hydrogen (secondary N) is 1. The maximum Gasteiger partial charge on any atom is 0.129 e. The Kier molecular flexibility index (Phi) is 4.34. The number of hydrazine groups is 1. The van der Waals surface area contributed by atoms with Gasteiger partial charge in [-0.25, -0.2) is 9.82 Å². The Labute approximate surface area is 120 Å². The number of nitrogens with two attached hydrogens (primary N) is 1. The molecule has 0 aliphatic carbocycles. The maximum absolute atomic E-state index is 14.1. The van der Waals surface area contributed by atoms with Crippen LogP contribution < -0.4 is 11.3 Å². The normalized spacial score (nSPS) is 12.5. The number of aryl methyl sites for hydroxylation is 1. The molecule has 0 aliphatic rings. The van der Waals surface area contributed by atoms with Gasteiger partial charge in [0.15, 0.2) is 0 Å². The Bertz CT molecular complexity index is 578. The summed E-state index contributed by atoms with van der Waals surface area (Å²) in [6, 6.07) is 10.5. The van der Waals surface area contributed by atoms with E-state index in [2.05, 4.69) is 21.4 Å². The van der Waals surface area contributed by atoms with Crippen LogP contribution in [0.3, 0.4) is 0 Å². The van der Waals surface area contributed by atoms with Gasteiger partial charge in [0, 0.05) is 10.0 Å². The van der Waals surface area contributed by atoms with Crippen molar-refractivity contribution in [3.63, 3.8) is 0 Å². The second-order valence-electron chi connectivity index (χ2n) is 4.52. The lowest BCUT2D eigenvalue weighted by atomic mass is 9.93. The van der Waals surface area contributed by atoms with Gasteiger partial charge in [0.2, 0.25) is 0 Å². The highest BCUT2D eigenvalue weighted by Gasteiger charge is 2.21. The van der Waals surface area contributed by atoms with Crippen LogP contribution in [-0.4, -0.2) is 0 Å². The second kappa shape index (κ2) is 5.82. The van der Waals surface area contributed by atoms with Gasteiger partial charge in [-0.1, -0.05) is 40.2 Å². The molecule has 0 bridgehead atoms. The van der Waals surface area contributed by atoms with Gasteiger partial charge in [0.1, 0.15) is 5.82 Å². The summed E-state index contributed by atoms with van der Waals surface area (Å²) in [4.78, 5) is 0. The summed E-state index contributed by atoms with van der Waals surface area (Å²) >= 11 is 3.39. The number of hydrogen-bond donors (Lipinski definition) is 2. The van der Waals surface area contributed by atoms with Crippen LogP contribution in [0.15, 0.2) is 40.9 Å². The third kappa shape index (κ3) is 2.71. The molecule has 0 aromatic heterocycles. The molecule has 19 heavy (non-hydrogen) atoms. The van der Waals surface area contributed by atoms with Crippen LogP contribution in [0, 0.1) is 19.7 Å². The molecule has 0 heterocycles. The summed E-state index contributed by atoms with van der Waals surface area (Å²) in [5, 5.41) is 0. The Morgan fingerprint density at radius 2 is 1.84 bits per heavy atom. The molecule has 0 aliphatic heterocycles. The topological polar surface area (TPSA) is 38.0 Å². The van der Waals surface area contributed by atoms with Gasteiger partial charge < -0.3 is 0 Å². The molecule has 2 aromatic carbocycles. The first kappa shape index (κ1) is 14.2. The monoisotopic (exact) mass is 322 g/mol. The molecule has 2 aromatic rings. The standard InChI is InChI=1S/C15H16BrFN2/c1-9-5-3-6-11(10(9)2)15(19-18)14-12(16)7-4-8-13(14)17/h3-8,15,19H,18H2,1-2H3. The minimum atomic E-state index is -0.379. The zero-order chi connectivity index (χ0) is 14.0. The Morgan fingerprint density at radius 3 is 2.47 bits per heavy atom. The summed E-state index contributed by atoms with van der Waals surface area (Å²) < 4.78 is 14.8. The van der Waals surface area contributed by atoms with Crippen molar-refractivity contribution in [2.24, 2.45) is 5.84 Å². The van der Waals surface area contributed by atoms with Gasteiger partial charge in [-0.05, 0) is 42.7 Å². The van der Waals surface area contributed by atoms with Crippen molar-refractivity contribution in [2.45, 2.75) is 19.9 Å². The average Bonchev–Trinajstić information content (AvgIpc) is 2.38. The van der Waals surface area contributed by atoms with Crippen LogP contribution in [0.1, 0.15) is 28.3 Å². The smallest absolute Gasteiger partial charge is 0.129 e. The molecule has 0 radical (unpaired) electrons. The minimum Gasteiger partial charge on any atom is -0.271 e. The van der Waals surface area contributed by atoms with Crippen molar-refractivity contribution in [1.29, 1.82) is 0 Å². The zero-order valence-electron chi connectivity index (χ0n) is 10.9. The van der Waals surface area contributed by atoms with Crippen LogP contribution in [-0.2, 0) is 0 Å². The van der Waals surface area contributed by atoms with Gasteiger partial charge in [-0.3, -0.25) is 5.84 Å². The van der Waals surface area contributed by atoms with E-state index in [4.69, 9.17) is 5.84 Å². The first-order valence-corrected chi connectivity index (χ1v) is 6.81. The third-order valence-corrected chi connectivity index (χ3v) is 4.10. The molecule has 2 rings (SSSR count). The number of rotatable bonds is 3. The van der Waals surface area contributed by atoms with E-state index in [0.29, 0.717) is 10.0 Å². The molecule has 0 spiro atoms. The van der Waals surface area contributed by atoms with E-state index in [9.17, 15) is 4.39 Å². The van der Waals surface area contributed by atoms with E-state index in [1.54, 1.807) is 6.07 Å². The number of hydrogen-bond acceptors (Lipinski definition) is 2. The highest BCUT2D eigenvalue weighted by atomic mass is 79.9. The molecule has 0 saturated carbocycles. The lowest BCUT2D eigenvalue weighted by Gasteiger charge is -2.21. The highest BCUT2D eigenvalue weighted by molar-refractivity contribution is 9.10. The summed E-state index contributed by atoms with van der Waals surface area (Å²) in [6.45, 7) is 4.05. The highest BCUT2D eigenvalue weighted by Crippen LogP contribution is 2.32. The first-order valence-electron chi connectivity index (χ1n) is 6.02. The number of benzene rings is 2. The van der Waals surface area contributed by atoms with E-state index in [1.807, 2.05) is 38.1 Å². The lowest BCUT2D eigenvalue weighted by molar-refractivity contribution is 0.556. The maximum atomic E-state index is 14.1. The Morgan fingerprint density at radius 1 is 1.16 bits per heavy atom. The van der Waals surface area contributed by atoms with E-state index in [0.717, 1.165) is 16.7 Å². The van der Waals surface area contributed by atoms with Crippen molar-refractivity contribution < 1.29 is 4.39 Å². The molecule has 2 nitrogen and oxygen atoms in total. The Hall–Kier alpha value is -1.23. The molecule has 4 heteroatoms. The van der Waals surface area contributed by atoms with E-state index >= 15 is 0 Å². The van der Waals surface area contributed by atoms with Gasteiger partial charge in [0.05, 0.1) is 6.04 Å². The van der Waals surface area contributed by atoms with Crippen LogP contribution in [0.2, 0.25) is 0 Å². The van der Waals surface area contributed by atoms with Crippen molar-refractivity contribution in [2.75, 3.05) is 0 Å². The van der Waals surface area contributed by atoms with E-state index in [1.165, 1.54) is 6.07 Å². The largest absolute Gasteiger partial charge is 0.271 e. The first-order chi connectivity index (χ1) is 9.06. The zero-order valence-corrected chi connectivity index (χ0v) is 12.5. The average molecular weight is 323 g/mol. The van der Waals surface area contributed by atoms with E-state index < -0.39 is 0 Å². The molecule has 3 N–H and O–H groups in total. The summed E-state index contributed by atoms with van der Waals surface area (Å²) in [6.07, 6.45) is 0. The molecule has 0 amide bonds. The molecule has 1 atom stereocenters. The SMILES string of the molecule is Cc1cccc(C(NN)c2c(F)cccc2Br)c1C. The minimum absolute atomic E-state index is 0.279. The van der Waals surface area contributed by atoms with Gasteiger partial charge in [-0.15, -0.1) is 0 Å². The molecular weight excluding hydrogens is 307 g/mol. The van der Waals surface area contributed by atoms with Gasteiger partial charge in [0.25, 0.3) is 0 Å². The van der Waals surface area contributed by atoms with E-state index in [-0.39, 0.29) is 11.9 Å². The van der Waals surface area contributed by atoms with Crippen LogP contribution in [0.25, 0.3) is 0 Å². The molecule has 1 unspecified atom stereocenters. The predicted molar refractivity (Wildman–Crippen MR) is 79.2 cm³/mol. The molecule has 0 fully saturated rings. The number of halogens is 2. The fourth-order valence-electron chi connectivity index (χ4n) is 2.20. The summed E-state index contributed by atoms with van der Waals surface area (Å²) in [5.74, 6) is 5.38. The van der Waals surface area contributed by atoms with Crippen LogP contribution in [0.4, 0.5) is 4.39 Å². The van der Waals surface area contributed by atoms with Crippen molar-refractivity contribution in [3.8, 4) is 0 Å². The quantitative estimate of drug-likeness (QED) is 0.667. The molecule has 100 valence electrons. The summed E-state index contributed by atoms with van der Waals surface area (Å²) in [5.41, 5.74) is 6.49. The van der Waals surface area contributed by atoms with Crippen LogP contribution >= 0.6 is 15.9 Å². The molecular formula is C15H16BrFN2. The van der Waals surface area contributed by atoms with Gasteiger partial charge >= 0.3 is 0 Å². The lowest BCUT2D eigenvalue weighted by Crippen LogP contribution is -2.30. The fourth-order valence-corrected chi connectivity index (χ4v) is 2.77. The Balaban J connectivity index is 2.60. The summed E-state index contributed by atoms with van der Waals surface area (Å²) in [7, 11) is 0. The predicted octanol–water partition coefficient (Wildman–Crippen LogP) is 3.76. The van der Waals surface area contributed by atoms with Crippen molar-refractivity contribution in [3.05, 3.63) is 68.9 Å². The van der Waals surface area contributed by atoms with Gasteiger partial charge in [-0.2, -0.15) is 0 Å². The molecule has 0 saturated heterocycles. The van der Waals surface area contributed by atoms with Crippen molar-refractivity contribution in [1.82, 2.24) is 5.43 Å². The second-order valence-corrected chi connectivity index (χ2v) is 5.38.